The highest BCUT2D eigenvalue weighted by molar-refractivity contribution is 5.32. The first kappa shape index (κ1) is 15.1. The minimum atomic E-state index is -4.35. The highest BCUT2D eigenvalue weighted by Gasteiger charge is 2.30. The topological polar surface area (TPSA) is 27.1 Å². The van der Waals surface area contributed by atoms with E-state index in [1.54, 1.807) is 10.9 Å². The number of benzene rings is 2. The Bertz CT molecular complexity index is 765. The zero-order valence-corrected chi connectivity index (χ0v) is 12.0. The lowest BCUT2D eigenvalue weighted by atomic mass is 10.2. The molecular weight excluding hydrogens is 305 g/mol. The molecule has 3 nitrogen and oxygen atoms in total. The van der Waals surface area contributed by atoms with Crippen LogP contribution < -0.4 is 4.74 Å². The van der Waals surface area contributed by atoms with Crippen LogP contribution >= 0.6 is 0 Å². The molecule has 0 N–H and O–H groups in total. The van der Waals surface area contributed by atoms with E-state index < -0.39 is 11.7 Å². The molecule has 0 atom stereocenters. The van der Waals surface area contributed by atoms with E-state index in [0.717, 1.165) is 17.7 Å². The maximum absolute atomic E-state index is 12.5. The van der Waals surface area contributed by atoms with Gasteiger partial charge in [0, 0.05) is 0 Å². The van der Waals surface area contributed by atoms with E-state index in [2.05, 4.69) is 5.10 Å². The van der Waals surface area contributed by atoms with Gasteiger partial charge < -0.3 is 4.74 Å². The van der Waals surface area contributed by atoms with Crippen molar-refractivity contribution in [1.29, 1.82) is 0 Å². The lowest BCUT2D eigenvalue weighted by Crippen LogP contribution is -2.03. The van der Waals surface area contributed by atoms with E-state index in [1.165, 1.54) is 18.3 Å². The van der Waals surface area contributed by atoms with E-state index in [-0.39, 0.29) is 0 Å². The van der Waals surface area contributed by atoms with Crippen LogP contribution in [0.3, 0.4) is 0 Å². The third-order valence-electron chi connectivity index (χ3n) is 3.21. The van der Waals surface area contributed by atoms with Crippen LogP contribution in [-0.4, -0.2) is 9.78 Å². The number of alkyl halides is 3. The summed E-state index contributed by atoms with van der Waals surface area (Å²) in [5.74, 6) is 0.804. The van der Waals surface area contributed by atoms with Crippen molar-refractivity contribution >= 4 is 0 Å². The van der Waals surface area contributed by atoms with Crippen molar-refractivity contribution in [2.75, 3.05) is 0 Å². The summed E-state index contributed by atoms with van der Waals surface area (Å²) in [5, 5.41) is 4.18. The van der Waals surface area contributed by atoms with E-state index in [1.807, 2.05) is 30.3 Å². The van der Waals surface area contributed by atoms with Crippen LogP contribution in [0.1, 0.15) is 11.1 Å². The molecule has 0 aliphatic heterocycles. The molecule has 0 radical (unpaired) electrons. The Morgan fingerprint density at radius 1 is 0.913 bits per heavy atom. The van der Waals surface area contributed by atoms with Gasteiger partial charge in [-0.3, -0.25) is 4.68 Å². The number of nitrogens with zero attached hydrogens (tertiary/aromatic N) is 2. The van der Waals surface area contributed by atoms with E-state index >= 15 is 0 Å². The summed E-state index contributed by atoms with van der Waals surface area (Å²) >= 11 is 0. The summed E-state index contributed by atoms with van der Waals surface area (Å²) in [7, 11) is 0. The first-order valence-electron chi connectivity index (χ1n) is 6.92. The first-order valence-corrected chi connectivity index (χ1v) is 6.92. The van der Waals surface area contributed by atoms with Gasteiger partial charge in [0.2, 0.25) is 0 Å². The molecule has 0 aliphatic rings. The van der Waals surface area contributed by atoms with E-state index in [0.29, 0.717) is 18.0 Å². The minimum absolute atomic E-state index is 0.331. The third-order valence-corrected chi connectivity index (χ3v) is 3.21. The van der Waals surface area contributed by atoms with Gasteiger partial charge in [-0.25, -0.2) is 0 Å². The monoisotopic (exact) mass is 318 g/mol. The predicted octanol–water partition coefficient (Wildman–Crippen LogP) is 4.74. The van der Waals surface area contributed by atoms with Crippen molar-refractivity contribution in [3.8, 4) is 11.5 Å². The van der Waals surface area contributed by atoms with Gasteiger partial charge in [-0.1, -0.05) is 30.3 Å². The van der Waals surface area contributed by atoms with Gasteiger partial charge in [0.1, 0.15) is 5.75 Å². The molecule has 6 heteroatoms. The van der Waals surface area contributed by atoms with Gasteiger partial charge in [-0.15, -0.1) is 0 Å². The number of hydrogen-bond acceptors (Lipinski definition) is 2. The standard InChI is InChI=1S/C17H13F3N2O/c18-17(19,20)14-6-8-15(9-7-14)23-16-10-21-22(12-16)11-13-4-2-1-3-5-13/h1-10,12H,11H2. The molecule has 23 heavy (non-hydrogen) atoms. The maximum atomic E-state index is 12.5. The Balaban J connectivity index is 1.67. The lowest BCUT2D eigenvalue weighted by molar-refractivity contribution is -0.137. The maximum Gasteiger partial charge on any atom is 0.416 e. The average molecular weight is 318 g/mol. The van der Waals surface area contributed by atoms with Crippen LogP contribution in [0.4, 0.5) is 13.2 Å². The molecule has 0 bridgehead atoms. The molecule has 0 fully saturated rings. The molecule has 1 heterocycles. The van der Waals surface area contributed by atoms with Crippen molar-refractivity contribution < 1.29 is 17.9 Å². The molecule has 2 aromatic carbocycles. The van der Waals surface area contributed by atoms with E-state index in [9.17, 15) is 13.2 Å². The molecule has 0 amide bonds. The normalized spacial score (nSPS) is 11.4. The summed E-state index contributed by atoms with van der Waals surface area (Å²) in [6.45, 7) is 0.594. The fourth-order valence-corrected chi connectivity index (χ4v) is 2.10. The summed E-state index contributed by atoms with van der Waals surface area (Å²) in [4.78, 5) is 0. The van der Waals surface area contributed by atoms with E-state index in [4.69, 9.17) is 4.74 Å². The SMILES string of the molecule is FC(F)(F)c1ccc(Oc2cnn(Cc3ccccc3)c2)cc1. The Morgan fingerprint density at radius 3 is 2.26 bits per heavy atom. The van der Waals surface area contributed by atoms with Gasteiger partial charge in [0.05, 0.1) is 24.5 Å². The Hall–Kier alpha value is -2.76. The third kappa shape index (κ3) is 3.91. The second kappa shape index (κ2) is 6.16. The van der Waals surface area contributed by atoms with Gasteiger partial charge in [-0.2, -0.15) is 18.3 Å². The highest BCUT2D eigenvalue weighted by atomic mass is 19.4. The minimum Gasteiger partial charge on any atom is -0.454 e. The predicted molar refractivity (Wildman–Crippen MR) is 79.3 cm³/mol. The summed E-state index contributed by atoms with van der Waals surface area (Å²) < 4.78 is 44.7. The second-order valence-corrected chi connectivity index (χ2v) is 4.98. The molecule has 0 spiro atoms. The zero-order valence-electron chi connectivity index (χ0n) is 12.0. The quantitative estimate of drug-likeness (QED) is 0.694. The fraction of sp³-hybridized carbons (Fsp3) is 0.118. The van der Waals surface area contributed by atoms with Crippen LogP contribution in [0.15, 0.2) is 67.0 Å². The van der Waals surface area contributed by atoms with Crippen LogP contribution in [0.2, 0.25) is 0 Å². The summed E-state index contributed by atoms with van der Waals surface area (Å²) in [6.07, 6.45) is -1.12. The van der Waals surface area contributed by atoms with Gasteiger partial charge in [-0.05, 0) is 29.8 Å². The molecule has 0 saturated heterocycles. The largest absolute Gasteiger partial charge is 0.454 e. The van der Waals surface area contributed by atoms with Crippen LogP contribution in [0.25, 0.3) is 0 Å². The van der Waals surface area contributed by atoms with Crippen molar-refractivity contribution in [3.05, 3.63) is 78.1 Å². The molecule has 3 rings (SSSR count). The molecule has 1 aromatic heterocycles. The number of halogens is 3. The molecule has 0 saturated carbocycles. The molecule has 0 unspecified atom stereocenters. The van der Waals surface area contributed by atoms with Crippen molar-refractivity contribution in [2.45, 2.75) is 12.7 Å². The molecule has 3 aromatic rings. The van der Waals surface area contributed by atoms with Gasteiger partial charge in [0.25, 0.3) is 0 Å². The molecular formula is C17H13F3N2O. The number of rotatable bonds is 4. The molecule has 118 valence electrons. The summed E-state index contributed by atoms with van der Waals surface area (Å²) in [5.41, 5.74) is 0.390. The summed E-state index contributed by atoms with van der Waals surface area (Å²) in [6, 6.07) is 14.3. The van der Waals surface area contributed by atoms with Gasteiger partial charge in [0.15, 0.2) is 5.75 Å². The zero-order chi connectivity index (χ0) is 16.3. The van der Waals surface area contributed by atoms with Gasteiger partial charge >= 0.3 is 6.18 Å². The van der Waals surface area contributed by atoms with Crippen LogP contribution in [-0.2, 0) is 12.7 Å². The smallest absolute Gasteiger partial charge is 0.416 e. The average Bonchev–Trinajstić information content (AvgIpc) is 2.95. The Morgan fingerprint density at radius 2 is 1.61 bits per heavy atom. The van der Waals surface area contributed by atoms with Crippen molar-refractivity contribution in [2.24, 2.45) is 0 Å². The van der Waals surface area contributed by atoms with Crippen molar-refractivity contribution in [3.63, 3.8) is 0 Å². The fourth-order valence-electron chi connectivity index (χ4n) is 2.10. The molecule has 0 aliphatic carbocycles. The first-order chi connectivity index (χ1) is 11.0. The number of ether oxygens (including phenoxy) is 1. The lowest BCUT2D eigenvalue weighted by Gasteiger charge is -2.07. The number of hydrogen-bond donors (Lipinski definition) is 0. The highest BCUT2D eigenvalue weighted by Crippen LogP contribution is 2.31. The Labute approximate surface area is 130 Å². The van der Waals surface area contributed by atoms with Crippen LogP contribution in [0, 0.1) is 0 Å². The second-order valence-electron chi connectivity index (χ2n) is 4.98. The van der Waals surface area contributed by atoms with Crippen molar-refractivity contribution in [1.82, 2.24) is 9.78 Å². The Kier molecular flexibility index (Phi) is 4.06. The number of aromatic nitrogens is 2. The van der Waals surface area contributed by atoms with Crippen LogP contribution in [0.5, 0.6) is 11.5 Å².